The molecule has 1 aromatic rings. The lowest BCUT2D eigenvalue weighted by Gasteiger charge is -2.21. The van der Waals surface area contributed by atoms with E-state index in [1.807, 2.05) is 0 Å². The third-order valence-corrected chi connectivity index (χ3v) is 4.18. The quantitative estimate of drug-likeness (QED) is 0.548. The Bertz CT molecular complexity index is 411. The van der Waals surface area contributed by atoms with Crippen molar-refractivity contribution in [1.82, 2.24) is 0 Å². The maximum atomic E-state index is 10.6. The molecule has 19 heavy (non-hydrogen) atoms. The molecule has 1 saturated carbocycles. The Morgan fingerprint density at radius 1 is 1.26 bits per heavy atom. The molecule has 0 saturated heterocycles. The van der Waals surface area contributed by atoms with Crippen molar-refractivity contribution in [2.75, 3.05) is 6.61 Å². The molecule has 0 radical (unpaired) electrons. The molecule has 2 nitrogen and oxygen atoms in total. The molecule has 3 heteroatoms. The molecular formula is C16H21ClO2. The average Bonchev–Trinajstić information content (AvgIpc) is 2.45. The maximum Gasteiger partial charge on any atom is 0.151 e. The standard InChI is InChI=1S/C16H21ClO2/c17-16-11-15(9-8-14(16)12-18)19-10-4-7-13-5-2-1-3-6-13/h8-9,11-13H,1-7,10H2. The van der Waals surface area contributed by atoms with Crippen LogP contribution in [-0.4, -0.2) is 12.9 Å². The van der Waals surface area contributed by atoms with Crippen molar-refractivity contribution in [2.24, 2.45) is 5.92 Å². The van der Waals surface area contributed by atoms with Crippen molar-refractivity contribution < 1.29 is 9.53 Å². The van der Waals surface area contributed by atoms with Gasteiger partial charge in [0.2, 0.25) is 0 Å². The van der Waals surface area contributed by atoms with Gasteiger partial charge in [-0.15, -0.1) is 0 Å². The molecule has 1 aromatic carbocycles. The zero-order valence-electron chi connectivity index (χ0n) is 11.2. The summed E-state index contributed by atoms with van der Waals surface area (Å²) in [6.07, 6.45) is 10.1. The molecule has 0 heterocycles. The molecule has 0 bridgehead atoms. The number of benzene rings is 1. The Hall–Kier alpha value is -1.02. The van der Waals surface area contributed by atoms with Crippen LogP contribution in [0.5, 0.6) is 5.75 Å². The summed E-state index contributed by atoms with van der Waals surface area (Å²) in [5.41, 5.74) is 0.510. The number of carbonyl (C=O) groups excluding carboxylic acids is 1. The summed E-state index contributed by atoms with van der Waals surface area (Å²) in [6.45, 7) is 0.729. The Morgan fingerprint density at radius 3 is 2.74 bits per heavy atom. The summed E-state index contributed by atoms with van der Waals surface area (Å²) in [6, 6.07) is 5.22. The molecule has 1 aliphatic carbocycles. The van der Waals surface area contributed by atoms with E-state index in [1.54, 1.807) is 18.2 Å². The summed E-state index contributed by atoms with van der Waals surface area (Å²) in [5, 5.41) is 0.458. The Morgan fingerprint density at radius 2 is 2.05 bits per heavy atom. The molecule has 0 aliphatic heterocycles. The monoisotopic (exact) mass is 280 g/mol. The molecule has 0 spiro atoms. The molecule has 0 N–H and O–H groups in total. The van der Waals surface area contributed by atoms with Crippen LogP contribution in [0.4, 0.5) is 0 Å². The summed E-state index contributed by atoms with van der Waals surface area (Å²) in [4.78, 5) is 10.6. The van der Waals surface area contributed by atoms with Crippen molar-refractivity contribution in [3.63, 3.8) is 0 Å². The minimum absolute atomic E-state index is 0.458. The van der Waals surface area contributed by atoms with Gasteiger partial charge in [0.25, 0.3) is 0 Å². The smallest absolute Gasteiger partial charge is 0.151 e. The van der Waals surface area contributed by atoms with Gasteiger partial charge in [0, 0.05) is 5.56 Å². The summed E-state index contributed by atoms with van der Waals surface area (Å²) in [7, 11) is 0. The maximum absolute atomic E-state index is 10.6. The predicted molar refractivity (Wildman–Crippen MR) is 78.1 cm³/mol. The van der Waals surface area contributed by atoms with Gasteiger partial charge in [-0.1, -0.05) is 43.7 Å². The highest BCUT2D eigenvalue weighted by molar-refractivity contribution is 6.33. The Balaban J connectivity index is 1.70. The van der Waals surface area contributed by atoms with Crippen LogP contribution in [0.3, 0.4) is 0 Å². The van der Waals surface area contributed by atoms with Crippen LogP contribution in [0.2, 0.25) is 5.02 Å². The number of carbonyl (C=O) groups is 1. The van der Waals surface area contributed by atoms with Crippen molar-refractivity contribution in [3.8, 4) is 5.75 Å². The van der Waals surface area contributed by atoms with Crippen molar-refractivity contribution in [3.05, 3.63) is 28.8 Å². The minimum atomic E-state index is 0.458. The fraction of sp³-hybridized carbons (Fsp3) is 0.562. The van der Waals surface area contributed by atoms with Crippen molar-refractivity contribution >= 4 is 17.9 Å². The van der Waals surface area contributed by atoms with Crippen LogP contribution in [0.15, 0.2) is 18.2 Å². The van der Waals surface area contributed by atoms with Gasteiger partial charge in [-0.05, 0) is 37.0 Å². The zero-order valence-corrected chi connectivity index (χ0v) is 12.0. The second kappa shape index (κ2) is 7.54. The second-order valence-electron chi connectivity index (χ2n) is 5.30. The van der Waals surface area contributed by atoms with Gasteiger partial charge in [-0.25, -0.2) is 0 Å². The zero-order chi connectivity index (χ0) is 13.5. The van der Waals surface area contributed by atoms with E-state index in [0.717, 1.165) is 31.0 Å². The highest BCUT2D eigenvalue weighted by Gasteiger charge is 2.12. The molecule has 0 atom stereocenters. The van der Waals surface area contributed by atoms with Crippen LogP contribution < -0.4 is 4.74 Å². The molecule has 0 aromatic heterocycles. The molecule has 2 rings (SSSR count). The highest BCUT2D eigenvalue weighted by atomic mass is 35.5. The van der Waals surface area contributed by atoms with Gasteiger partial charge in [0.05, 0.1) is 11.6 Å². The lowest BCUT2D eigenvalue weighted by Crippen LogP contribution is -2.08. The van der Waals surface area contributed by atoms with Gasteiger partial charge in [0.15, 0.2) is 6.29 Å². The summed E-state index contributed by atoms with van der Waals surface area (Å²) >= 11 is 5.95. The summed E-state index contributed by atoms with van der Waals surface area (Å²) in [5.74, 6) is 1.65. The first-order chi connectivity index (χ1) is 9.29. The Labute approximate surface area is 120 Å². The minimum Gasteiger partial charge on any atom is -0.494 e. The van der Waals surface area contributed by atoms with Gasteiger partial charge in [0.1, 0.15) is 5.75 Å². The van der Waals surface area contributed by atoms with Crippen LogP contribution in [0.1, 0.15) is 55.3 Å². The third-order valence-electron chi connectivity index (χ3n) is 3.85. The van der Waals surface area contributed by atoms with E-state index < -0.39 is 0 Å². The number of ether oxygens (including phenoxy) is 1. The van der Waals surface area contributed by atoms with E-state index in [1.165, 1.54) is 38.5 Å². The molecule has 1 fully saturated rings. The lowest BCUT2D eigenvalue weighted by molar-refractivity contribution is 0.112. The molecule has 104 valence electrons. The fourth-order valence-electron chi connectivity index (χ4n) is 2.73. The number of hydrogen-bond acceptors (Lipinski definition) is 2. The lowest BCUT2D eigenvalue weighted by atomic mass is 9.86. The van der Waals surface area contributed by atoms with Crippen molar-refractivity contribution in [2.45, 2.75) is 44.9 Å². The number of halogens is 1. The second-order valence-corrected chi connectivity index (χ2v) is 5.70. The van der Waals surface area contributed by atoms with Crippen LogP contribution in [-0.2, 0) is 0 Å². The van der Waals surface area contributed by atoms with Gasteiger partial charge in [-0.2, -0.15) is 0 Å². The third kappa shape index (κ3) is 4.54. The molecule has 0 unspecified atom stereocenters. The van der Waals surface area contributed by atoms with E-state index in [4.69, 9.17) is 16.3 Å². The first kappa shape index (κ1) is 14.4. The normalized spacial score (nSPS) is 16.3. The molecule has 1 aliphatic rings. The van der Waals surface area contributed by atoms with Gasteiger partial charge in [-0.3, -0.25) is 4.79 Å². The summed E-state index contributed by atoms with van der Waals surface area (Å²) < 4.78 is 5.68. The number of hydrogen-bond donors (Lipinski definition) is 0. The Kier molecular flexibility index (Phi) is 5.71. The largest absolute Gasteiger partial charge is 0.494 e. The predicted octanol–water partition coefficient (Wildman–Crippen LogP) is 4.89. The molecular weight excluding hydrogens is 260 g/mol. The average molecular weight is 281 g/mol. The van der Waals surface area contributed by atoms with E-state index in [9.17, 15) is 4.79 Å². The molecule has 0 amide bonds. The fourth-order valence-corrected chi connectivity index (χ4v) is 2.95. The highest BCUT2D eigenvalue weighted by Crippen LogP contribution is 2.27. The van der Waals surface area contributed by atoms with E-state index in [-0.39, 0.29) is 0 Å². The van der Waals surface area contributed by atoms with Crippen LogP contribution in [0, 0.1) is 5.92 Å². The van der Waals surface area contributed by atoms with Crippen molar-refractivity contribution in [1.29, 1.82) is 0 Å². The van der Waals surface area contributed by atoms with E-state index in [0.29, 0.717) is 10.6 Å². The number of aldehydes is 1. The van der Waals surface area contributed by atoms with Crippen LogP contribution >= 0.6 is 11.6 Å². The first-order valence-corrected chi connectivity index (χ1v) is 7.55. The SMILES string of the molecule is O=Cc1ccc(OCCCC2CCCCC2)cc1Cl. The van der Waals surface area contributed by atoms with Crippen LogP contribution in [0.25, 0.3) is 0 Å². The topological polar surface area (TPSA) is 26.3 Å². The first-order valence-electron chi connectivity index (χ1n) is 7.17. The van der Waals surface area contributed by atoms with E-state index >= 15 is 0 Å². The number of rotatable bonds is 6. The van der Waals surface area contributed by atoms with Gasteiger partial charge >= 0.3 is 0 Å². The van der Waals surface area contributed by atoms with E-state index in [2.05, 4.69) is 0 Å². The van der Waals surface area contributed by atoms with Gasteiger partial charge < -0.3 is 4.74 Å².